The van der Waals surface area contributed by atoms with Gasteiger partial charge in [0.2, 0.25) is 10.0 Å². The maximum absolute atomic E-state index is 11.2. The van der Waals surface area contributed by atoms with Crippen molar-refractivity contribution < 1.29 is 8.42 Å². The second kappa shape index (κ2) is 4.02. The summed E-state index contributed by atoms with van der Waals surface area (Å²) in [7, 11) is -3.24. The number of anilines is 1. The quantitative estimate of drug-likeness (QED) is 0.878. The van der Waals surface area contributed by atoms with Gasteiger partial charge in [0.15, 0.2) is 0 Å². The van der Waals surface area contributed by atoms with Crippen LogP contribution >= 0.6 is 0 Å². The minimum absolute atomic E-state index is 0.0793. The lowest BCUT2D eigenvalue weighted by Crippen LogP contribution is -2.10. The van der Waals surface area contributed by atoms with Gasteiger partial charge in [0.25, 0.3) is 0 Å². The van der Waals surface area contributed by atoms with Crippen LogP contribution in [0.2, 0.25) is 0 Å². The Labute approximate surface area is 107 Å². The predicted octanol–water partition coefficient (Wildman–Crippen LogP) is 2.84. The molecule has 1 aromatic heterocycles. The van der Waals surface area contributed by atoms with Gasteiger partial charge in [-0.1, -0.05) is 26.8 Å². The number of hydrogen-bond donors (Lipinski definition) is 2. The summed E-state index contributed by atoms with van der Waals surface area (Å²) >= 11 is 0. The molecule has 0 bridgehead atoms. The van der Waals surface area contributed by atoms with E-state index in [9.17, 15) is 8.42 Å². The summed E-state index contributed by atoms with van der Waals surface area (Å²) < 4.78 is 24.8. The van der Waals surface area contributed by atoms with Crippen LogP contribution in [0.5, 0.6) is 0 Å². The van der Waals surface area contributed by atoms with Crippen LogP contribution in [-0.2, 0) is 15.4 Å². The lowest BCUT2D eigenvalue weighted by atomic mass is 9.86. The second-order valence-electron chi connectivity index (χ2n) is 5.61. The minimum Gasteiger partial charge on any atom is -0.341 e. The van der Waals surface area contributed by atoms with Gasteiger partial charge in [0.05, 0.1) is 6.26 Å². The van der Waals surface area contributed by atoms with Crippen LogP contribution in [0.3, 0.4) is 0 Å². The van der Waals surface area contributed by atoms with Crippen molar-refractivity contribution in [2.45, 2.75) is 26.2 Å². The van der Waals surface area contributed by atoms with Crippen molar-refractivity contribution in [3.8, 4) is 0 Å². The van der Waals surface area contributed by atoms with E-state index < -0.39 is 10.0 Å². The van der Waals surface area contributed by atoms with E-state index in [-0.39, 0.29) is 5.41 Å². The van der Waals surface area contributed by atoms with Gasteiger partial charge in [0, 0.05) is 10.9 Å². The summed E-state index contributed by atoms with van der Waals surface area (Å²) in [5.41, 5.74) is 2.23. The number of aromatic nitrogens is 1. The Morgan fingerprint density at radius 1 is 1.17 bits per heavy atom. The Kier molecular flexibility index (Phi) is 2.89. The Morgan fingerprint density at radius 2 is 1.83 bits per heavy atom. The molecule has 2 rings (SSSR count). The smallest absolute Gasteiger partial charge is 0.230 e. The summed E-state index contributed by atoms with van der Waals surface area (Å²) in [6.45, 7) is 6.45. The maximum Gasteiger partial charge on any atom is 0.230 e. The fraction of sp³-hybridized carbons (Fsp3) is 0.385. The monoisotopic (exact) mass is 266 g/mol. The van der Waals surface area contributed by atoms with Crippen molar-refractivity contribution in [1.82, 2.24) is 4.98 Å². The summed E-state index contributed by atoms with van der Waals surface area (Å²) in [6.07, 6.45) is 1.14. The van der Waals surface area contributed by atoms with E-state index in [1.54, 1.807) is 0 Å². The highest BCUT2D eigenvalue weighted by atomic mass is 32.2. The van der Waals surface area contributed by atoms with Gasteiger partial charge in [0.1, 0.15) is 5.82 Å². The van der Waals surface area contributed by atoms with Crippen molar-refractivity contribution in [2.75, 3.05) is 11.0 Å². The summed E-state index contributed by atoms with van der Waals surface area (Å²) in [4.78, 5) is 3.04. The highest BCUT2D eigenvalue weighted by Gasteiger charge is 2.14. The highest BCUT2D eigenvalue weighted by Crippen LogP contribution is 2.27. The van der Waals surface area contributed by atoms with E-state index in [1.165, 1.54) is 5.56 Å². The molecule has 0 atom stereocenters. The van der Waals surface area contributed by atoms with Gasteiger partial charge in [-0.05, 0) is 29.2 Å². The molecule has 0 unspecified atom stereocenters. The van der Waals surface area contributed by atoms with Crippen LogP contribution in [0.25, 0.3) is 10.9 Å². The summed E-state index contributed by atoms with van der Waals surface area (Å²) in [5.74, 6) is 0.499. The Hall–Kier alpha value is -1.49. The van der Waals surface area contributed by atoms with E-state index in [1.807, 2.05) is 12.1 Å². The predicted molar refractivity (Wildman–Crippen MR) is 75.5 cm³/mol. The first kappa shape index (κ1) is 13.0. The van der Waals surface area contributed by atoms with Crippen LogP contribution in [-0.4, -0.2) is 19.7 Å². The van der Waals surface area contributed by atoms with E-state index in [0.29, 0.717) is 5.82 Å². The number of benzene rings is 1. The molecule has 0 aliphatic carbocycles. The van der Waals surface area contributed by atoms with Gasteiger partial charge < -0.3 is 4.98 Å². The molecule has 1 aromatic carbocycles. The molecular formula is C13H18N2O2S. The van der Waals surface area contributed by atoms with Gasteiger partial charge in [-0.2, -0.15) is 0 Å². The zero-order valence-electron chi connectivity index (χ0n) is 11.0. The minimum atomic E-state index is -3.24. The first-order valence-corrected chi connectivity index (χ1v) is 7.65. The van der Waals surface area contributed by atoms with E-state index >= 15 is 0 Å². The molecular weight excluding hydrogens is 248 g/mol. The van der Waals surface area contributed by atoms with Gasteiger partial charge >= 0.3 is 0 Å². The molecule has 0 amide bonds. The third-order valence-corrected chi connectivity index (χ3v) is 3.37. The zero-order chi connectivity index (χ0) is 13.6. The molecule has 5 heteroatoms. The normalized spacial score (nSPS) is 12.9. The Balaban J connectivity index is 2.46. The topological polar surface area (TPSA) is 62.0 Å². The van der Waals surface area contributed by atoms with Crippen molar-refractivity contribution >= 4 is 26.7 Å². The first-order chi connectivity index (χ1) is 8.15. The highest BCUT2D eigenvalue weighted by molar-refractivity contribution is 7.92. The van der Waals surface area contributed by atoms with Gasteiger partial charge in [-0.15, -0.1) is 0 Å². The fourth-order valence-electron chi connectivity index (χ4n) is 1.85. The molecule has 0 saturated carbocycles. The van der Waals surface area contributed by atoms with Gasteiger partial charge in [-0.3, -0.25) is 4.72 Å². The third-order valence-electron chi connectivity index (χ3n) is 2.78. The van der Waals surface area contributed by atoms with E-state index in [4.69, 9.17) is 0 Å². The lowest BCUT2D eigenvalue weighted by Gasteiger charge is -2.18. The number of fused-ring (bicyclic) bond motifs is 1. The van der Waals surface area contributed by atoms with Crippen molar-refractivity contribution in [3.63, 3.8) is 0 Å². The SMILES string of the molecule is CC(C)(C)c1ccc2[nH]c(NS(C)(=O)=O)cc2c1. The molecule has 2 N–H and O–H groups in total. The molecule has 4 nitrogen and oxygen atoms in total. The zero-order valence-corrected chi connectivity index (χ0v) is 11.9. The van der Waals surface area contributed by atoms with Crippen LogP contribution < -0.4 is 4.72 Å². The molecule has 18 heavy (non-hydrogen) atoms. The molecule has 1 heterocycles. The third kappa shape index (κ3) is 2.85. The lowest BCUT2D eigenvalue weighted by molar-refractivity contribution is 0.591. The number of sulfonamides is 1. The van der Waals surface area contributed by atoms with Crippen LogP contribution in [0.15, 0.2) is 24.3 Å². The van der Waals surface area contributed by atoms with E-state index in [2.05, 4.69) is 42.6 Å². The maximum atomic E-state index is 11.2. The molecule has 0 aliphatic heterocycles. The number of H-pyrrole nitrogens is 1. The van der Waals surface area contributed by atoms with Crippen LogP contribution in [0, 0.1) is 0 Å². The largest absolute Gasteiger partial charge is 0.341 e. The van der Waals surface area contributed by atoms with Crippen LogP contribution in [0.4, 0.5) is 5.82 Å². The second-order valence-corrected chi connectivity index (χ2v) is 7.36. The van der Waals surface area contributed by atoms with E-state index in [0.717, 1.165) is 17.2 Å². The molecule has 0 aliphatic rings. The number of aromatic amines is 1. The molecule has 0 spiro atoms. The number of rotatable bonds is 2. The van der Waals surface area contributed by atoms with Crippen molar-refractivity contribution in [1.29, 1.82) is 0 Å². The molecule has 2 aromatic rings. The standard InChI is InChI=1S/C13H18N2O2S/c1-13(2,3)10-5-6-11-9(7-10)8-12(14-11)15-18(4,16)17/h5-8,14-15H,1-4H3. The molecule has 98 valence electrons. The molecule has 0 radical (unpaired) electrons. The summed E-state index contributed by atoms with van der Waals surface area (Å²) in [6, 6.07) is 7.93. The van der Waals surface area contributed by atoms with Crippen molar-refractivity contribution in [3.05, 3.63) is 29.8 Å². The average Bonchev–Trinajstić information content (AvgIpc) is 2.53. The average molecular weight is 266 g/mol. The van der Waals surface area contributed by atoms with Crippen molar-refractivity contribution in [2.24, 2.45) is 0 Å². The summed E-state index contributed by atoms with van der Waals surface area (Å²) in [5, 5.41) is 1.01. The first-order valence-electron chi connectivity index (χ1n) is 5.76. The fourth-order valence-corrected chi connectivity index (χ4v) is 2.36. The Morgan fingerprint density at radius 3 is 2.39 bits per heavy atom. The number of nitrogens with one attached hydrogen (secondary N) is 2. The molecule has 0 fully saturated rings. The molecule has 0 saturated heterocycles. The number of hydrogen-bond acceptors (Lipinski definition) is 2. The van der Waals surface area contributed by atoms with Gasteiger partial charge in [-0.25, -0.2) is 8.42 Å². The van der Waals surface area contributed by atoms with Crippen LogP contribution in [0.1, 0.15) is 26.3 Å². The Bertz CT molecular complexity index is 679.